The van der Waals surface area contributed by atoms with Gasteiger partial charge >= 0.3 is 0 Å². The van der Waals surface area contributed by atoms with E-state index in [1.807, 2.05) is 0 Å². The Labute approximate surface area is 151 Å². The number of halogens is 1. The van der Waals surface area contributed by atoms with Crippen molar-refractivity contribution in [3.63, 3.8) is 0 Å². The summed E-state index contributed by atoms with van der Waals surface area (Å²) < 4.78 is 27.7. The number of rotatable bonds is 12. The Bertz CT molecular complexity index is 560. The fourth-order valence-corrected chi connectivity index (χ4v) is 4.34. The average molecular weight is 376 g/mol. The zero-order valence-corrected chi connectivity index (χ0v) is 16.2. The molecule has 0 heterocycles. The van der Waals surface area contributed by atoms with E-state index in [-0.39, 0.29) is 17.4 Å². The Morgan fingerprint density at radius 3 is 2.25 bits per heavy atom. The van der Waals surface area contributed by atoms with Crippen molar-refractivity contribution < 1.29 is 13.5 Å². The predicted molar refractivity (Wildman–Crippen MR) is 99.8 cm³/mol. The molecule has 0 aromatic heterocycles. The molecule has 0 saturated carbocycles. The molecule has 0 aliphatic carbocycles. The van der Waals surface area contributed by atoms with Gasteiger partial charge in [-0.2, -0.15) is 0 Å². The van der Waals surface area contributed by atoms with Gasteiger partial charge in [-0.1, -0.05) is 57.6 Å². The highest BCUT2D eigenvalue weighted by Gasteiger charge is 2.26. The van der Waals surface area contributed by atoms with E-state index in [1.165, 1.54) is 25.0 Å². The van der Waals surface area contributed by atoms with E-state index in [1.54, 1.807) is 12.1 Å². The molecule has 0 bridgehead atoms. The van der Waals surface area contributed by atoms with Crippen LogP contribution in [-0.2, 0) is 10.0 Å². The van der Waals surface area contributed by atoms with E-state index < -0.39 is 16.1 Å². The third-order valence-corrected chi connectivity index (χ3v) is 6.04. The highest BCUT2D eigenvalue weighted by molar-refractivity contribution is 7.89. The second-order valence-corrected chi connectivity index (χ2v) is 8.41. The molecule has 1 aromatic carbocycles. The number of unbranched alkanes of at least 4 members (excludes halogenated alkanes) is 3. The number of hydrogen-bond acceptors (Lipinski definition) is 3. The molecule has 0 saturated heterocycles. The standard InChI is InChI=1S/C18H30ClNO3S/c1-3-5-6-7-9-15(8-4-2)18(14-21)20-24(22,23)17-12-10-16(19)11-13-17/h10-13,15,18,20-21H,3-9,14H2,1-2H3. The van der Waals surface area contributed by atoms with Crippen LogP contribution in [0.5, 0.6) is 0 Å². The molecule has 1 rings (SSSR count). The van der Waals surface area contributed by atoms with E-state index >= 15 is 0 Å². The number of sulfonamides is 1. The molecule has 0 amide bonds. The second kappa shape index (κ2) is 11.1. The van der Waals surface area contributed by atoms with Gasteiger partial charge in [-0.25, -0.2) is 13.1 Å². The van der Waals surface area contributed by atoms with Crippen molar-refractivity contribution in [1.29, 1.82) is 0 Å². The normalized spacial score (nSPS) is 14.5. The predicted octanol–water partition coefficient (Wildman–Crippen LogP) is 4.37. The number of aliphatic hydroxyl groups is 1. The Morgan fingerprint density at radius 2 is 1.71 bits per heavy atom. The quantitative estimate of drug-likeness (QED) is 0.533. The van der Waals surface area contributed by atoms with Gasteiger partial charge in [0.2, 0.25) is 10.0 Å². The highest BCUT2D eigenvalue weighted by Crippen LogP contribution is 2.22. The van der Waals surface area contributed by atoms with Crippen LogP contribution in [0.2, 0.25) is 5.02 Å². The lowest BCUT2D eigenvalue weighted by atomic mass is 9.90. The van der Waals surface area contributed by atoms with Crippen LogP contribution in [-0.4, -0.2) is 26.2 Å². The Balaban J connectivity index is 2.78. The highest BCUT2D eigenvalue weighted by atomic mass is 35.5. The van der Waals surface area contributed by atoms with E-state index in [0.717, 1.165) is 32.1 Å². The van der Waals surface area contributed by atoms with Crippen molar-refractivity contribution in [1.82, 2.24) is 4.72 Å². The van der Waals surface area contributed by atoms with Gasteiger partial charge in [0, 0.05) is 11.1 Å². The molecular weight excluding hydrogens is 346 g/mol. The van der Waals surface area contributed by atoms with Crippen molar-refractivity contribution in [3.8, 4) is 0 Å². The van der Waals surface area contributed by atoms with Crippen molar-refractivity contribution in [2.75, 3.05) is 6.61 Å². The molecular formula is C18H30ClNO3S. The first-order valence-electron chi connectivity index (χ1n) is 8.83. The lowest BCUT2D eigenvalue weighted by molar-refractivity contribution is 0.200. The molecule has 2 N–H and O–H groups in total. The molecule has 0 spiro atoms. The van der Waals surface area contributed by atoms with E-state index in [9.17, 15) is 13.5 Å². The molecule has 4 nitrogen and oxygen atoms in total. The third-order valence-electron chi connectivity index (χ3n) is 4.28. The SMILES string of the molecule is CCCCCCC(CCC)C(CO)NS(=O)(=O)c1ccc(Cl)cc1. The van der Waals surface area contributed by atoms with Crippen LogP contribution in [0.4, 0.5) is 0 Å². The van der Waals surface area contributed by atoms with Crippen LogP contribution >= 0.6 is 11.6 Å². The topological polar surface area (TPSA) is 66.4 Å². The molecule has 24 heavy (non-hydrogen) atoms. The zero-order valence-electron chi connectivity index (χ0n) is 14.7. The van der Waals surface area contributed by atoms with Crippen LogP contribution in [0.25, 0.3) is 0 Å². The summed E-state index contributed by atoms with van der Waals surface area (Å²) in [6.07, 6.45) is 7.39. The first kappa shape index (κ1) is 21.4. The summed E-state index contributed by atoms with van der Waals surface area (Å²) in [5.41, 5.74) is 0. The minimum atomic E-state index is -3.66. The Kier molecular flexibility index (Phi) is 9.89. The number of nitrogens with one attached hydrogen (secondary N) is 1. The summed E-state index contributed by atoms with van der Waals surface area (Å²) in [7, 11) is -3.66. The minimum Gasteiger partial charge on any atom is -0.395 e. The molecule has 2 atom stereocenters. The monoisotopic (exact) mass is 375 g/mol. The number of aliphatic hydroxyl groups excluding tert-OH is 1. The van der Waals surface area contributed by atoms with Crippen LogP contribution in [0.1, 0.15) is 58.8 Å². The first-order valence-corrected chi connectivity index (χ1v) is 10.7. The van der Waals surface area contributed by atoms with Crippen molar-refractivity contribution in [2.24, 2.45) is 5.92 Å². The summed E-state index contributed by atoms with van der Waals surface area (Å²) in [5, 5.41) is 10.2. The van der Waals surface area contributed by atoms with Gasteiger partial charge in [0.25, 0.3) is 0 Å². The van der Waals surface area contributed by atoms with Crippen molar-refractivity contribution >= 4 is 21.6 Å². The van der Waals surface area contributed by atoms with Gasteiger partial charge < -0.3 is 5.11 Å². The van der Waals surface area contributed by atoms with Crippen molar-refractivity contribution in [2.45, 2.75) is 69.7 Å². The maximum Gasteiger partial charge on any atom is 0.240 e. The fourth-order valence-electron chi connectivity index (χ4n) is 2.91. The van der Waals surface area contributed by atoms with E-state index in [4.69, 9.17) is 11.6 Å². The maximum atomic E-state index is 12.5. The van der Waals surface area contributed by atoms with Crippen LogP contribution < -0.4 is 4.72 Å². The molecule has 2 unspecified atom stereocenters. The number of benzene rings is 1. The van der Waals surface area contributed by atoms with Gasteiger partial charge in [0.05, 0.1) is 11.5 Å². The van der Waals surface area contributed by atoms with Gasteiger partial charge in [-0.3, -0.25) is 0 Å². The molecule has 0 fully saturated rings. The summed E-state index contributed by atoms with van der Waals surface area (Å²) in [5.74, 6) is 0.152. The molecule has 0 aliphatic heterocycles. The summed E-state index contributed by atoms with van der Waals surface area (Å²) in [4.78, 5) is 0.173. The lowest BCUT2D eigenvalue weighted by Crippen LogP contribution is -2.42. The molecule has 0 aliphatic rings. The Hall–Kier alpha value is -0.620. The zero-order chi connectivity index (χ0) is 18.0. The third kappa shape index (κ3) is 7.09. The van der Waals surface area contributed by atoms with Crippen molar-refractivity contribution in [3.05, 3.63) is 29.3 Å². The van der Waals surface area contributed by atoms with Crippen LogP contribution in [0.15, 0.2) is 29.2 Å². The summed E-state index contributed by atoms with van der Waals surface area (Å²) in [6.45, 7) is 4.06. The average Bonchev–Trinajstić information content (AvgIpc) is 2.56. The maximum absolute atomic E-state index is 12.5. The molecule has 0 radical (unpaired) electrons. The Morgan fingerprint density at radius 1 is 1.04 bits per heavy atom. The van der Waals surface area contributed by atoms with Gasteiger partial charge in [-0.15, -0.1) is 0 Å². The summed E-state index contributed by atoms with van der Waals surface area (Å²) >= 11 is 5.81. The van der Waals surface area contributed by atoms with Gasteiger partial charge in [-0.05, 0) is 43.0 Å². The van der Waals surface area contributed by atoms with E-state index in [2.05, 4.69) is 18.6 Å². The van der Waals surface area contributed by atoms with Crippen LogP contribution in [0, 0.1) is 5.92 Å². The van der Waals surface area contributed by atoms with Crippen LogP contribution in [0.3, 0.4) is 0 Å². The molecule has 1 aromatic rings. The number of hydrogen-bond donors (Lipinski definition) is 2. The van der Waals surface area contributed by atoms with Gasteiger partial charge in [0.1, 0.15) is 0 Å². The second-order valence-electron chi connectivity index (χ2n) is 6.26. The van der Waals surface area contributed by atoms with Gasteiger partial charge in [0.15, 0.2) is 0 Å². The minimum absolute atomic E-state index is 0.152. The fraction of sp³-hybridized carbons (Fsp3) is 0.667. The largest absolute Gasteiger partial charge is 0.395 e. The van der Waals surface area contributed by atoms with E-state index in [0.29, 0.717) is 5.02 Å². The summed E-state index contributed by atoms with van der Waals surface area (Å²) in [6, 6.07) is 5.62. The smallest absolute Gasteiger partial charge is 0.240 e. The molecule has 6 heteroatoms. The molecule has 138 valence electrons. The first-order chi connectivity index (χ1) is 11.4. The lowest BCUT2D eigenvalue weighted by Gasteiger charge is -2.26.